The monoisotopic (exact) mass is 331 g/mol. The molecule has 0 spiro atoms. The molecule has 0 saturated heterocycles. The van der Waals surface area contributed by atoms with E-state index in [1.165, 1.54) is 24.2 Å². The van der Waals surface area contributed by atoms with Gasteiger partial charge in [0.25, 0.3) is 5.91 Å². The number of hydrogen-bond acceptors (Lipinski definition) is 4. The minimum atomic E-state index is -0.0975. The van der Waals surface area contributed by atoms with Gasteiger partial charge in [-0.2, -0.15) is 0 Å². The maximum Gasteiger partial charge on any atom is 0.261 e. The summed E-state index contributed by atoms with van der Waals surface area (Å²) in [5.41, 5.74) is 1.87. The molecule has 1 atom stereocenters. The first-order chi connectivity index (χ1) is 10.7. The molecule has 0 radical (unpaired) electrons. The molecule has 1 saturated carbocycles. The minimum Gasteiger partial charge on any atom is -0.349 e. The van der Waals surface area contributed by atoms with Crippen LogP contribution in [0, 0.1) is 19.8 Å². The molecular weight excluding hydrogens is 306 g/mol. The normalized spacial score (nSPS) is 16.6. The van der Waals surface area contributed by atoms with Gasteiger partial charge in [-0.15, -0.1) is 11.3 Å². The van der Waals surface area contributed by atoms with Crippen molar-refractivity contribution in [1.82, 2.24) is 15.3 Å². The Morgan fingerprint density at radius 1 is 1.26 bits per heavy atom. The Balaban J connectivity index is 2.00. The summed E-state index contributed by atoms with van der Waals surface area (Å²) in [5, 5.41) is 4.18. The van der Waals surface area contributed by atoms with E-state index < -0.39 is 0 Å². The molecule has 5 heteroatoms. The minimum absolute atomic E-state index is 0.0293. The van der Waals surface area contributed by atoms with Crippen molar-refractivity contribution in [1.29, 1.82) is 0 Å². The van der Waals surface area contributed by atoms with Crippen molar-refractivity contribution < 1.29 is 4.79 Å². The Kier molecular flexibility index (Phi) is 3.95. The van der Waals surface area contributed by atoms with Gasteiger partial charge in [-0.1, -0.05) is 20.8 Å². The van der Waals surface area contributed by atoms with Gasteiger partial charge in [0.1, 0.15) is 10.7 Å². The lowest BCUT2D eigenvalue weighted by atomic mass is 9.95. The number of carbonyl (C=O) groups excluding carboxylic acids is 1. The molecule has 1 unspecified atom stereocenters. The van der Waals surface area contributed by atoms with Crippen LogP contribution in [-0.4, -0.2) is 21.9 Å². The second-order valence-electron chi connectivity index (χ2n) is 7.72. The van der Waals surface area contributed by atoms with Gasteiger partial charge >= 0.3 is 0 Å². The number of aryl methyl sites for hydroxylation is 2. The van der Waals surface area contributed by atoms with Crippen LogP contribution in [0.5, 0.6) is 0 Å². The number of aromatic nitrogens is 2. The molecule has 1 aliphatic carbocycles. The molecule has 23 heavy (non-hydrogen) atoms. The van der Waals surface area contributed by atoms with Gasteiger partial charge in [-0.05, 0) is 45.1 Å². The third-order valence-electron chi connectivity index (χ3n) is 4.54. The maximum atomic E-state index is 12.6. The number of thiophene rings is 1. The number of fused-ring (bicyclic) bond motifs is 1. The number of nitrogens with zero attached hydrogens (tertiary/aromatic N) is 2. The van der Waals surface area contributed by atoms with Crippen molar-refractivity contribution >= 4 is 27.5 Å². The number of amides is 1. The topological polar surface area (TPSA) is 54.9 Å². The first-order valence-corrected chi connectivity index (χ1v) is 9.09. The highest BCUT2D eigenvalue weighted by Crippen LogP contribution is 2.35. The second kappa shape index (κ2) is 5.55. The Labute approximate surface area is 141 Å². The van der Waals surface area contributed by atoms with Crippen LogP contribution in [0.1, 0.15) is 67.3 Å². The van der Waals surface area contributed by atoms with Gasteiger partial charge in [0.15, 0.2) is 0 Å². The highest BCUT2D eigenvalue weighted by molar-refractivity contribution is 7.20. The van der Waals surface area contributed by atoms with E-state index in [2.05, 4.69) is 38.0 Å². The van der Waals surface area contributed by atoms with Gasteiger partial charge in [0.05, 0.1) is 10.6 Å². The molecule has 2 aromatic rings. The molecule has 0 bridgehead atoms. The van der Waals surface area contributed by atoms with E-state index >= 15 is 0 Å². The van der Waals surface area contributed by atoms with E-state index in [1.54, 1.807) is 0 Å². The quantitative estimate of drug-likeness (QED) is 0.920. The first kappa shape index (κ1) is 16.4. The van der Waals surface area contributed by atoms with Crippen LogP contribution in [0.3, 0.4) is 0 Å². The van der Waals surface area contributed by atoms with Gasteiger partial charge < -0.3 is 5.32 Å². The van der Waals surface area contributed by atoms with E-state index in [0.29, 0.717) is 5.92 Å². The summed E-state index contributed by atoms with van der Waals surface area (Å²) in [6.45, 7) is 12.4. The first-order valence-electron chi connectivity index (χ1n) is 8.27. The summed E-state index contributed by atoms with van der Waals surface area (Å²) in [5.74, 6) is 1.52. The fraction of sp³-hybridized carbons (Fsp3) is 0.611. The van der Waals surface area contributed by atoms with Gasteiger partial charge in [0, 0.05) is 16.8 Å². The fourth-order valence-electron chi connectivity index (χ4n) is 2.88. The molecule has 2 heterocycles. The average Bonchev–Trinajstić information content (AvgIpc) is 3.22. The molecule has 2 aromatic heterocycles. The zero-order valence-corrected chi connectivity index (χ0v) is 15.6. The van der Waals surface area contributed by atoms with Crippen LogP contribution in [-0.2, 0) is 5.41 Å². The smallest absolute Gasteiger partial charge is 0.261 e. The van der Waals surface area contributed by atoms with Gasteiger partial charge in [0.2, 0.25) is 0 Å². The van der Waals surface area contributed by atoms with Crippen LogP contribution in [0.2, 0.25) is 0 Å². The Hall–Kier alpha value is -1.49. The summed E-state index contributed by atoms with van der Waals surface area (Å²) in [6, 6.07) is 0.254. The molecule has 1 N–H and O–H groups in total. The lowest BCUT2D eigenvalue weighted by molar-refractivity contribution is 0.0939. The Bertz CT molecular complexity index is 769. The second-order valence-corrected chi connectivity index (χ2v) is 8.72. The molecular formula is C18H25N3OS. The molecule has 0 aromatic carbocycles. The van der Waals surface area contributed by atoms with Crippen molar-refractivity contribution in [2.24, 2.45) is 5.92 Å². The SMILES string of the molecule is Cc1nc(C(C)(C)C)nc2sc(C(=O)NC(C)C3CC3)c(C)c12. The zero-order chi connectivity index (χ0) is 16.9. The van der Waals surface area contributed by atoms with Crippen LogP contribution >= 0.6 is 11.3 Å². The highest BCUT2D eigenvalue weighted by atomic mass is 32.1. The van der Waals surface area contributed by atoms with Crippen LogP contribution in [0.4, 0.5) is 0 Å². The van der Waals surface area contributed by atoms with Crippen molar-refractivity contribution in [2.75, 3.05) is 0 Å². The van der Waals surface area contributed by atoms with Crippen LogP contribution in [0.25, 0.3) is 10.2 Å². The number of carbonyl (C=O) groups is 1. The van der Waals surface area contributed by atoms with Crippen molar-refractivity contribution in [3.8, 4) is 0 Å². The lowest BCUT2D eigenvalue weighted by Crippen LogP contribution is -2.33. The standard InChI is InChI=1S/C18H25N3OS/c1-9-13-11(3)20-17(18(4,5)6)21-16(13)23-14(9)15(22)19-10(2)12-7-8-12/h10,12H,7-8H2,1-6H3,(H,19,22). The van der Waals surface area contributed by atoms with E-state index in [0.717, 1.165) is 32.2 Å². The number of nitrogens with one attached hydrogen (secondary N) is 1. The maximum absolute atomic E-state index is 12.6. The van der Waals surface area contributed by atoms with E-state index in [-0.39, 0.29) is 17.4 Å². The van der Waals surface area contributed by atoms with Crippen molar-refractivity contribution in [3.05, 3.63) is 22.0 Å². The molecule has 124 valence electrons. The fourth-order valence-corrected chi connectivity index (χ4v) is 4.01. The summed E-state index contributed by atoms with van der Waals surface area (Å²) in [4.78, 5) is 23.7. The predicted octanol–water partition coefficient (Wildman–Crippen LogP) is 4.13. The van der Waals surface area contributed by atoms with Crippen LogP contribution < -0.4 is 5.32 Å². The molecule has 3 rings (SSSR count). The zero-order valence-electron chi connectivity index (χ0n) is 14.8. The number of rotatable bonds is 3. The average molecular weight is 331 g/mol. The van der Waals surface area contributed by atoms with Gasteiger partial charge in [-0.25, -0.2) is 9.97 Å². The van der Waals surface area contributed by atoms with E-state index in [1.807, 2.05) is 13.8 Å². The Morgan fingerprint density at radius 3 is 2.48 bits per heavy atom. The summed E-state index contributed by atoms with van der Waals surface area (Å²) >= 11 is 1.49. The summed E-state index contributed by atoms with van der Waals surface area (Å²) < 4.78 is 0. The molecule has 4 nitrogen and oxygen atoms in total. The largest absolute Gasteiger partial charge is 0.349 e. The van der Waals surface area contributed by atoms with Crippen LogP contribution in [0.15, 0.2) is 0 Å². The summed E-state index contributed by atoms with van der Waals surface area (Å²) in [7, 11) is 0. The van der Waals surface area contributed by atoms with Crippen molar-refractivity contribution in [3.63, 3.8) is 0 Å². The molecule has 1 amide bonds. The van der Waals surface area contributed by atoms with Crippen molar-refractivity contribution in [2.45, 2.75) is 65.8 Å². The van der Waals surface area contributed by atoms with E-state index in [9.17, 15) is 4.79 Å². The van der Waals surface area contributed by atoms with E-state index in [4.69, 9.17) is 4.98 Å². The molecule has 0 aliphatic heterocycles. The third-order valence-corrected chi connectivity index (χ3v) is 5.72. The summed E-state index contributed by atoms with van der Waals surface area (Å²) in [6.07, 6.45) is 2.46. The molecule has 1 fully saturated rings. The van der Waals surface area contributed by atoms with Gasteiger partial charge in [-0.3, -0.25) is 4.79 Å². The highest BCUT2D eigenvalue weighted by Gasteiger charge is 2.30. The lowest BCUT2D eigenvalue weighted by Gasteiger charge is -2.16. The molecule has 1 aliphatic rings. The Morgan fingerprint density at radius 2 is 1.91 bits per heavy atom. The number of hydrogen-bond donors (Lipinski definition) is 1. The predicted molar refractivity (Wildman–Crippen MR) is 95.2 cm³/mol. The third kappa shape index (κ3) is 3.11.